The van der Waals surface area contributed by atoms with Crippen LogP contribution in [0.2, 0.25) is 0 Å². The van der Waals surface area contributed by atoms with E-state index in [9.17, 15) is 4.79 Å². The van der Waals surface area contributed by atoms with Crippen molar-refractivity contribution in [2.75, 3.05) is 32.7 Å². The van der Waals surface area contributed by atoms with Crippen LogP contribution in [-0.2, 0) is 16.8 Å². The summed E-state index contributed by atoms with van der Waals surface area (Å²) in [6, 6.07) is 4.51. The molecule has 2 rings (SSSR count). The van der Waals surface area contributed by atoms with Crippen molar-refractivity contribution < 1.29 is 9.90 Å². The van der Waals surface area contributed by atoms with Crippen LogP contribution < -0.4 is 0 Å². The molecule has 1 aromatic rings. The zero-order valence-corrected chi connectivity index (χ0v) is 14.1. The second-order valence-corrected chi connectivity index (χ2v) is 7.95. The third kappa shape index (κ3) is 5.09. The largest absolute Gasteiger partial charge is 0.481 e. The first-order valence-corrected chi connectivity index (χ1v) is 8.42. The van der Waals surface area contributed by atoms with Gasteiger partial charge in [-0.3, -0.25) is 9.69 Å². The maximum Gasteiger partial charge on any atom is 0.304 e. The summed E-state index contributed by atoms with van der Waals surface area (Å²) >= 11 is 1.92. The van der Waals surface area contributed by atoms with Crippen molar-refractivity contribution in [2.45, 2.75) is 39.2 Å². The molecular formula is C16H26N2O2S. The molecule has 1 N–H and O–H groups in total. The van der Waals surface area contributed by atoms with Crippen LogP contribution in [0.4, 0.5) is 0 Å². The third-order valence-electron chi connectivity index (χ3n) is 3.89. The average Bonchev–Trinajstić information content (AvgIpc) is 2.86. The van der Waals surface area contributed by atoms with Crippen LogP contribution >= 0.6 is 11.3 Å². The lowest BCUT2D eigenvalue weighted by Crippen LogP contribution is -2.46. The van der Waals surface area contributed by atoms with Crippen LogP contribution in [0.25, 0.3) is 0 Å². The van der Waals surface area contributed by atoms with E-state index in [0.717, 1.165) is 32.7 Å². The molecule has 0 unspecified atom stereocenters. The SMILES string of the molecule is CC(C)(C)c1ccc(CN2CCN(CCC(=O)O)CC2)s1. The fraction of sp³-hybridized carbons (Fsp3) is 0.688. The van der Waals surface area contributed by atoms with E-state index in [1.54, 1.807) is 0 Å². The highest BCUT2D eigenvalue weighted by Crippen LogP contribution is 2.30. The van der Waals surface area contributed by atoms with Crippen LogP contribution in [0.15, 0.2) is 12.1 Å². The molecule has 0 aliphatic carbocycles. The van der Waals surface area contributed by atoms with Gasteiger partial charge in [0, 0.05) is 49.0 Å². The summed E-state index contributed by atoms with van der Waals surface area (Å²) < 4.78 is 0. The Kier molecular flexibility index (Phi) is 5.41. The summed E-state index contributed by atoms with van der Waals surface area (Å²) in [5.74, 6) is -0.703. The molecule has 118 valence electrons. The van der Waals surface area contributed by atoms with E-state index in [0.29, 0.717) is 6.54 Å². The van der Waals surface area contributed by atoms with E-state index in [2.05, 4.69) is 42.7 Å². The van der Waals surface area contributed by atoms with E-state index in [1.807, 2.05) is 11.3 Å². The number of carbonyl (C=O) groups is 1. The Labute approximate surface area is 131 Å². The maximum atomic E-state index is 10.6. The van der Waals surface area contributed by atoms with E-state index in [1.165, 1.54) is 9.75 Å². The standard InChI is InChI=1S/C16H26N2O2S/c1-16(2,3)14-5-4-13(21-14)12-18-10-8-17(9-11-18)7-6-15(19)20/h4-5H,6-12H2,1-3H3,(H,19,20). The lowest BCUT2D eigenvalue weighted by atomic mass is 9.95. The number of aliphatic carboxylic acids is 1. The van der Waals surface area contributed by atoms with Crippen molar-refractivity contribution in [3.63, 3.8) is 0 Å². The molecule has 0 spiro atoms. The lowest BCUT2D eigenvalue weighted by molar-refractivity contribution is -0.137. The van der Waals surface area contributed by atoms with Gasteiger partial charge in [0.1, 0.15) is 0 Å². The number of piperazine rings is 1. The van der Waals surface area contributed by atoms with Crippen LogP contribution in [0.5, 0.6) is 0 Å². The van der Waals surface area contributed by atoms with Gasteiger partial charge in [0.15, 0.2) is 0 Å². The molecule has 0 aromatic carbocycles. The summed E-state index contributed by atoms with van der Waals surface area (Å²) in [6.45, 7) is 12.5. The minimum absolute atomic E-state index is 0.235. The number of thiophene rings is 1. The van der Waals surface area contributed by atoms with Crippen molar-refractivity contribution in [2.24, 2.45) is 0 Å². The normalized spacial score (nSPS) is 18.0. The third-order valence-corrected chi connectivity index (χ3v) is 5.38. The molecule has 1 aromatic heterocycles. The Morgan fingerprint density at radius 3 is 2.33 bits per heavy atom. The monoisotopic (exact) mass is 310 g/mol. The van der Waals surface area contributed by atoms with E-state index in [-0.39, 0.29) is 11.8 Å². The molecule has 0 radical (unpaired) electrons. The quantitative estimate of drug-likeness (QED) is 0.908. The topological polar surface area (TPSA) is 43.8 Å². The lowest BCUT2D eigenvalue weighted by Gasteiger charge is -2.34. The Balaban J connectivity index is 1.78. The van der Waals surface area contributed by atoms with Crippen LogP contribution in [0.3, 0.4) is 0 Å². The van der Waals surface area contributed by atoms with Crippen molar-refractivity contribution in [1.82, 2.24) is 9.80 Å². The number of rotatable bonds is 5. The van der Waals surface area contributed by atoms with Crippen LogP contribution in [-0.4, -0.2) is 53.6 Å². The first kappa shape index (κ1) is 16.5. The first-order valence-electron chi connectivity index (χ1n) is 7.60. The highest BCUT2D eigenvalue weighted by atomic mass is 32.1. The number of carboxylic acids is 1. The molecule has 0 atom stereocenters. The van der Waals surface area contributed by atoms with E-state index < -0.39 is 5.97 Å². The summed E-state index contributed by atoms with van der Waals surface area (Å²) in [6.07, 6.45) is 0.250. The van der Waals surface area contributed by atoms with Crippen LogP contribution in [0.1, 0.15) is 36.9 Å². The zero-order valence-electron chi connectivity index (χ0n) is 13.3. The minimum Gasteiger partial charge on any atom is -0.481 e. The summed E-state index contributed by atoms with van der Waals surface area (Å²) in [5, 5.41) is 8.72. The molecular weight excluding hydrogens is 284 g/mol. The highest BCUT2D eigenvalue weighted by molar-refractivity contribution is 7.12. The van der Waals surface area contributed by atoms with Crippen molar-refractivity contribution in [1.29, 1.82) is 0 Å². The predicted octanol–water partition coefficient (Wildman–Crippen LogP) is 2.64. The molecule has 5 heteroatoms. The number of hydrogen-bond donors (Lipinski definition) is 1. The molecule has 0 bridgehead atoms. The van der Waals surface area contributed by atoms with Crippen molar-refractivity contribution in [3.05, 3.63) is 21.9 Å². The van der Waals surface area contributed by atoms with Gasteiger partial charge in [-0.2, -0.15) is 0 Å². The Morgan fingerprint density at radius 1 is 1.19 bits per heavy atom. The van der Waals surface area contributed by atoms with Crippen molar-refractivity contribution >= 4 is 17.3 Å². The highest BCUT2D eigenvalue weighted by Gasteiger charge is 2.20. The van der Waals surface area contributed by atoms with Crippen molar-refractivity contribution in [3.8, 4) is 0 Å². The van der Waals surface area contributed by atoms with E-state index in [4.69, 9.17) is 5.11 Å². The van der Waals surface area contributed by atoms with Gasteiger partial charge in [0.2, 0.25) is 0 Å². The summed E-state index contributed by atoms with van der Waals surface area (Å²) in [5.41, 5.74) is 0.235. The smallest absolute Gasteiger partial charge is 0.304 e. The number of nitrogens with zero attached hydrogens (tertiary/aromatic N) is 2. The average molecular weight is 310 g/mol. The Bertz CT molecular complexity index is 471. The molecule has 1 saturated heterocycles. The van der Waals surface area contributed by atoms with Gasteiger partial charge in [-0.05, 0) is 17.5 Å². The molecule has 0 saturated carbocycles. The van der Waals surface area contributed by atoms with Gasteiger partial charge in [-0.1, -0.05) is 20.8 Å². The first-order chi connectivity index (χ1) is 9.84. The molecule has 1 aliphatic heterocycles. The molecule has 0 amide bonds. The fourth-order valence-electron chi connectivity index (χ4n) is 2.51. The minimum atomic E-state index is -0.703. The van der Waals surface area contributed by atoms with Gasteiger partial charge in [0.05, 0.1) is 6.42 Å². The van der Waals surface area contributed by atoms with Gasteiger partial charge >= 0.3 is 5.97 Å². The number of hydrogen-bond acceptors (Lipinski definition) is 4. The van der Waals surface area contributed by atoms with Crippen LogP contribution in [0, 0.1) is 0 Å². The summed E-state index contributed by atoms with van der Waals surface area (Å²) in [4.78, 5) is 18.2. The fourth-order valence-corrected chi connectivity index (χ4v) is 3.62. The molecule has 1 aliphatic rings. The van der Waals surface area contributed by atoms with Gasteiger partial charge in [0.25, 0.3) is 0 Å². The Morgan fingerprint density at radius 2 is 1.81 bits per heavy atom. The second kappa shape index (κ2) is 6.90. The number of carboxylic acid groups (broad SMARTS) is 1. The van der Waals surface area contributed by atoms with Gasteiger partial charge < -0.3 is 10.0 Å². The maximum absolute atomic E-state index is 10.6. The molecule has 1 fully saturated rings. The Hall–Kier alpha value is -0.910. The molecule has 4 nitrogen and oxygen atoms in total. The van der Waals surface area contributed by atoms with Gasteiger partial charge in [-0.15, -0.1) is 11.3 Å². The molecule has 2 heterocycles. The second-order valence-electron chi connectivity index (χ2n) is 6.78. The predicted molar refractivity (Wildman–Crippen MR) is 87.0 cm³/mol. The van der Waals surface area contributed by atoms with Gasteiger partial charge in [-0.25, -0.2) is 0 Å². The van der Waals surface area contributed by atoms with E-state index >= 15 is 0 Å². The molecule has 21 heavy (non-hydrogen) atoms. The summed E-state index contributed by atoms with van der Waals surface area (Å²) in [7, 11) is 0. The zero-order chi connectivity index (χ0) is 15.5.